The summed E-state index contributed by atoms with van der Waals surface area (Å²) < 4.78 is 0. The zero-order valence-electron chi connectivity index (χ0n) is 13.3. The minimum atomic E-state index is 0.0621. The average molecular weight is 307 g/mol. The number of phenols is 1. The Hall–Kier alpha value is -2.55. The maximum absolute atomic E-state index is 11.0. The van der Waals surface area contributed by atoms with E-state index in [0.717, 1.165) is 24.2 Å². The largest absolute Gasteiger partial charge is 0.507 e. The smallest absolute Gasteiger partial charge is 0.153 e. The number of benzene rings is 2. The van der Waals surface area contributed by atoms with Gasteiger partial charge in [0.15, 0.2) is 6.29 Å². The lowest BCUT2D eigenvalue weighted by molar-refractivity contribution is 0.112. The molecule has 23 heavy (non-hydrogen) atoms. The van der Waals surface area contributed by atoms with Crippen LogP contribution >= 0.6 is 0 Å². The van der Waals surface area contributed by atoms with E-state index in [-0.39, 0.29) is 5.75 Å². The van der Waals surface area contributed by atoms with Crippen molar-refractivity contribution in [1.29, 1.82) is 0 Å². The van der Waals surface area contributed by atoms with Crippen molar-refractivity contribution in [3.8, 4) is 5.75 Å². The molecule has 0 saturated carbocycles. The molecule has 2 aromatic rings. The summed E-state index contributed by atoms with van der Waals surface area (Å²) in [6, 6.07) is 12.1. The van der Waals surface area contributed by atoms with Gasteiger partial charge in [0, 0.05) is 18.8 Å². The molecule has 1 saturated heterocycles. The summed E-state index contributed by atoms with van der Waals surface area (Å²) in [6.45, 7) is 4.09. The van der Waals surface area contributed by atoms with Gasteiger partial charge in [-0.1, -0.05) is 24.3 Å². The number of nitrogens with zero attached hydrogens (tertiary/aromatic N) is 1. The summed E-state index contributed by atoms with van der Waals surface area (Å²) >= 11 is 0. The van der Waals surface area contributed by atoms with E-state index in [0.29, 0.717) is 17.4 Å². The van der Waals surface area contributed by atoms with Crippen LogP contribution < -0.4 is 4.90 Å². The summed E-state index contributed by atoms with van der Waals surface area (Å²) in [5, 5.41) is 9.78. The molecule has 1 fully saturated rings. The molecule has 0 amide bonds. The number of hydrogen-bond acceptors (Lipinski definition) is 3. The number of rotatable bonds is 4. The third-order valence-corrected chi connectivity index (χ3v) is 4.31. The average Bonchev–Trinajstić information content (AvgIpc) is 3.11. The Morgan fingerprint density at radius 3 is 2.30 bits per heavy atom. The van der Waals surface area contributed by atoms with E-state index in [1.54, 1.807) is 13.0 Å². The van der Waals surface area contributed by atoms with Crippen LogP contribution in [-0.4, -0.2) is 24.5 Å². The molecule has 1 aliphatic rings. The number of carbonyl (C=O) groups is 1. The van der Waals surface area contributed by atoms with Crippen LogP contribution in [0.15, 0.2) is 36.4 Å². The molecule has 0 unspecified atom stereocenters. The molecule has 3 heteroatoms. The first kappa shape index (κ1) is 15.3. The molecular formula is C20H21NO2. The number of hydrogen-bond donors (Lipinski definition) is 1. The Morgan fingerprint density at radius 2 is 1.65 bits per heavy atom. The van der Waals surface area contributed by atoms with E-state index in [9.17, 15) is 9.90 Å². The normalized spacial score (nSPS) is 14.6. The van der Waals surface area contributed by atoms with Crippen LogP contribution in [0, 0.1) is 6.92 Å². The van der Waals surface area contributed by atoms with Crippen molar-refractivity contribution in [2.45, 2.75) is 19.8 Å². The van der Waals surface area contributed by atoms with Crippen LogP contribution in [0.4, 0.5) is 5.69 Å². The van der Waals surface area contributed by atoms with Gasteiger partial charge in [0.05, 0.1) is 5.56 Å². The molecule has 118 valence electrons. The fourth-order valence-corrected chi connectivity index (χ4v) is 2.99. The second-order valence-electron chi connectivity index (χ2n) is 6.01. The molecule has 0 bridgehead atoms. The van der Waals surface area contributed by atoms with Crippen LogP contribution in [0.3, 0.4) is 0 Å². The summed E-state index contributed by atoms with van der Waals surface area (Å²) in [5.74, 6) is 0.0621. The first-order valence-corrected chi connectivity index (χ1v) is 7.99. The first-order valence-electron chi connectivity index (χ1n) is 7.99. The lowest BCUT2D eigenvalue weighted by Crippen LogP contribution is -2.17. The summed E-state index contributed by atoms with van der Waals surface area (Å²) in [6.07, 6.45) is 7.23. The van der Waals surface area contributed by atoms with Crippen molar-refractivity contribution in [2.24, 2.45) is 0 Å². The van der Waals surface area contributed by atoms with Crippen molar-refractivity contribution < 1.29 is 9.90 Å². The first-order chi connectivity index (χ1) is 11.2. The fourth-order valence-electron chi connectivity index (χ4n) is 2.99. The zero-order chi connectivity index (χ0) is 16.2. The standard InChI is InChI=1S/C20H21NO2/c1-15-12-17(13-18(14-22)20(15)23)5-4-16-6-8-19(9-7-16)21-10-2-3-11-21/h4-9,12-14,23H,2-3,10-11H2,1H3/b5-4-. The van der Waals surface area contributed by atoms with Gasteiger partial charge < -0.3 is 10.0 Å². The predicted molar refractivity (Wildman–Crippen MR) is 95.0 cm³/mol. The second-order valence-corrected chi connectivity index (χ2v) is 6.01. The lowest BCUT2D eigenvalue weighted by atomic mass is 10.0. The van der Waals surface area contributed by atoms with E-state index in [2.05, 4.69) is 29.2 Å². The third-order valence-electron chi connectivity index (χ3n) is 4.31. The highest BCUT2D eigenvalue weighted by molar-refractivity contribution is 5.83. The minimum absolute atomic E-state index is 0.0621. The van der Waals surface area contributed by atoms with E-state index in [1.165, 1.54) is 18.5 Å². The number of aldehydes is 1. The van der Waals surface area contributed by atoms with E-state index < -0.39 is 0 Å². The molecule has 0 radical (unpaired) electrons. The van der Waals surface area contributed by atoms with E-state index in [4.69, 9.17) is 0 Å². The minimum Gasteiger partial charge on any atom is -0.507 e. The molecule has 1 heterocycles. The quantitative estimate of drug-likeness (QED) is 0.677. The molecule has 0 spiro atoms. The van der Waals surface area contributed by atoms with Crippen LogP contribution in [0.25, 0.3) is 12.2 Å². The van der Waals surface area contributed by atoms with Crippen LogP contribution in [-0.2, 0) is 0 Å². The van der Waals surface area contributed by atoms with Crippen molar-refractivity contribution >= 4 is 24.1 Å². The van der Waals surface area contributed by atoms with Gasteiger partial charge >= 0.3 is 0 Å². The SMILES string of the molecule is Cc1cc(/C=C\c2ccc(N3CCCC3)cc2)cc(C=O)c1O. The van der Waals surface area contributed by atoms with Crippen LogP contribution in [0.2, 0.25) is 0 Å². The van der Waals surface area contributed by atoms with Crippen molar-refractivity contribution in [3.05, 3.63) is 58.7 Å². The zero-order valence-corrected chi connectivity index (χ0v) is 13.3. The summed E-state index contributed by atoms with van der Waals surface area (Å²) in [4.78, 5) is 13.4. The van der Waals surface area contributed by atoms with E-state index in [1.807, 2.05) is 18.2 Å². The highest BCUT2D eigenvalue weighted by atomic mass is 16.3. The number of aromatic hydroxyl groups is 1. The number of aryl methyl sites for hydroxylation is 1. The Bertz CT molecular complexity index is 726. The van der Waals surface area contributed by atoms with Crippen molar-refractivity contribution in [2.75, 3.05) is 18.0 Å². The number of phenolic OH excluding ortho intramolecular Hbond substituents is 1. The van der Waals surface area contributed by atoms with Gasteiger partial charge in [0.25, 0.3) is 0 Å². The Labute approximate surface area is 136 Å². The van der Waals surface area contributed by atoms with Gasteiger partial charge in [-0.15, -0.1) is 0 Å². The Morgan fingerprint density at radius 1 is 1.00 bits per heavy atom. The van der Waals surface area contributed by atoms with Gasteiger partial charge in [-0.2, -0.15) is 0 Å². The fraction of sp³-hybridized carbons (Fsp3) is 0.250. The maximum atomic E-state index is 11.0. The van der Waals surface area contributed by atoms with E-state index >= 15 is 0 Å². The molecule has 3 rings (SSSR count). The second kappa shape index (κ2) is 6.69. The Balaban J connectivity index is 1.77. The molecule has 2 aromatic carbocycles. The molecule has 3 nitrogen and oxygen atoms in total. The van der Waals surface area contributed by atoms with Crippen molar-refractivity contribution in [1.82, 2.24) is 0 Å². The van der Waals surface area contributed by atoms with Crippen LogP contribution in [0.1, 0.15) is 39.9 Å². The summed E-state index contributed by atoms with van der Waals surface area (Å²) in [7, 11) is 0. The highest BCUT2D eigenvalue weighted by Gasteiger charge is 2.11. The van der Waals surface area contributed by atoms with Gasteiger partial charge in [-0.3, -0.25) is 4.79 Å². The topological polar surface area (TPSA) is 40.5 Å². The maximum Gasteiger partial charge on any atom is 0.153 e. The van der Waals surface area contributed by atoms with Crippen molar-refractivity contribution in [3.63, 3.8) is 0 Å². The number of carbonyl (C=O) groups excluding carboxylic acids is 1. The molecule has 1 N–H and O–H groups in total. The Kier molecular flexibility index (Phi) is 4.47. The molecular weight excluding hydrogens is 286 g/mol. The van der Waals surface area contributed by atoms with Gasteiger partial charge in [-0.25, -0.2) is 0 Å². The van der Waals surface area contributed by atoms with Gasteiger partial charge in [-0.05, 0) is 60.7 Å². The van der Waals surface area contributed by atoms with Gasteiger partial charge in [0.1, 0.15) is 5.75 Å². The molecule has 1 aliphatic heterocycles. The number of anilines is 1. The predicted octanol–water partition coefficient (Wildman–Crippen LogP) is 4.28. The lowest BCUT2D eigenvalue weighted by Gasteiger charge is -2.17. The monoisotopic (exact) mass is 307 g/mol. The van der Waals surface area contributed by atoms with Gasteiger partial charge in [0.2, 0.25) is 0 Å². The molecule has 0 aromatic heterocycles. The molecule has 0 atom stereocenters. The summed E-state index contributed by atoms with van der Waals surface area (Å²) in [5.41, 5.74) is 4.34. The van der Waals surface area contributed by atoms with Crippen LogP contribution in [0.5, 0.6) is 5.75 Å². The molecule has 0 aliphatic carbocycles. The third kappa shape index (κ3) is 3.45. The highest BCUT2D eigenvalue weighted by Crippen LogP contribution is 2.24.